The molecule has 0 fully saturated rings. The summed E-state index contributed by atoms with van der Waals surface area (Å²) in [5, 5.41) is 4.44. The molecule has 0 saturated carbocycles. The van der Waals surface area contributed by atoms with Gasteiger partial charge in [-0.25, -0.2) is 0 Å². The van der Waals surface area contributed by atoms with Gasteiger partial charge in [0.05, 0.1) is 35.6 Å². The fourth-order valence-corrected chi connectivity index (χ4v) is 4.70. The fourth-order valence-electron chi connectivity index (χ4n) is 4.70. The third kappa shape index (κ3) is 4.55. The van der Waals surface area contributed by atoms with Crippen molar-refractivity contribution >= 4 is 40.5 Å². The van der Waals surface area contributed by atoms with E-state index in [1.54, 1.807) is 79.2 Å². The number of methoxy groups -OCH3 is 1. The highest BCUT2D eigenvalue weighted by molar-refractivity contribution is 6.24. The second kappa shape index (κ2) is 10.1. The Hall–Kier alpha value is -4.18. The first kappa shape index (κ1) is 25.9. The number of aryl methyl sites for hydroxylation is 2. The molecule has 1 aromatic heterocycles. The number of aromatic nitrogens is 2. The normalized spacial score (nSPS) is 15.6. The van der Waals surface area contributed by atoms with Gasteiger partial charge in [0.25, 0.3) is 11.8 Å². The van der Waals surface area contributed by atoms with E-state index in [1.807, 2.05) is 20.8 Å². The Morgan fingerprint density at radius 3 is 2.22 bits per heavy atom. The molecule has 1 atom stereocenters. The molecule has 1 aliphatic rings. The van der Waals surface area contributed by atoms with Crippen LogP contribution in [0.25, 0.3) is 0 Å². The third-order valence-electron chi connectivity index (χ3n) is 6.56. The van der Waals surface area contributed by atoms with Crippen LogP contribution in [0.5, 0.6) is 5.75 Å². The smallest absolute Gasteiger partial charge is 0.258 e. The maximum atomic E-state index is 13.7. The van der Waals surface area contributed by atoms with E-state index in [0.717, 1.165) is 5.69 Å². The number of benzene rings is 2. The number of ether oxygens (including phenoxy) is 1. The zero-order valence-corrected chi connectivity index (χ0v) is 21.9. The maximum absolute atomic E-state index is 13.7. The summed E-state index contributed by atoms with van der Waals surface area (Å²) < 4.78 is 6.91. The van der Waals surface area contributed by atoms with Crippen LogP contribution < -0.4 is 25.2 Å². The highest BCUT2D eigenvalue weighted by Crippen LogP contribution is 2.40. The Morgan fingerprint density at radius 2 is 1.68 bits per heavy atom. The molecule has 3 amide bonds. The monoisotopic (exact) mass is 504 g/mol. The van der Waals surface area contributed by atoms with E-state index in [4.69, 9.17) is 10.5 Å². The molecule has 37 heavy (non-hydrogen) atoms. The minimum absolute atomic E-state index is 0.189. The minimum Gasteiger partial charge on any atom is -0.497 e. The molecule has 0 spiro atoms. The average molecular weight is 505 g/mol. The number of nitrogens with zero attached hydrogens (tertiary/aromatic N) is 5. The van der Waals surface area contributed by atoms with Gasteiger partial charge in [0.1, 0.15) is 12.3 Å². The first-order valence-corrected chi connectivity index (χ1v) is 12.0. The van der Waals surface area contributed by atoms with E-state index >= 15 is 0 Å². The lowest BCUT2D eigenvalue weighted by Crippen LogP contribution is -2.53. The molecular formula is C27H32N6O4. The molecule has 194 valence electrons. The number of anilines is 4. The van der Waals surface area contributed by atoms with E-state index < -0.39 is 17.9 Å². The number of rotatable bonds is 6. The molecule has 2 N–H and O–H groups in total. The van der Waals surface area contributed by atoms with Gasteiger partial charge in [-0.1, -0.05) is 12.1 Å². The van der Waals surface area contributed by atoms with Gasteiger partial charge in [0.2, 0.25) is 5.91 Å². The molecule has 0 bridgehead atoms. The van der Waals surface area contributed by atoms with Crippen molar-refractivity contribution in [2.24, 2.45) is 12.8 Å². The van der Waals surface area contributed by atoms with Crippen LogP contribution in [0.15, 0.2) is 48.5 Å². The zero-order chi connectivity index (χ0) is 27.0. The molecule has 2 aromatic carbocycles. The van der Waals surface area contributed by atoms with Crippen LogP contribution in [0.1, 0.15) is 25.2 Å². The number of amides is 3. The van der Waals surface area contributed by atoms with E-state index in [1.165, 1.54) is 9.80 Å². The summed E-state index contributed by atoms with van der Waals surface area (Å²) >= 11 is 0. The SMILES string of the molecule is COc1ccc(N(C(=O)CN2C(=O)C(N)C(=O)N(c3c(C)nn(C)c3C)c3ccccc32)C(C)C)cc1. The van der Waals surface area contributed by atoms with Gasteiger partial charge in [-0.3, -0.25) is 28.9 Å². The van der Waals surface area contributed by atoms with Crippen molar-refractivity contribution in [3.63, 3.8) is 0 Å². The van der Waals surface area contributed by atoms with Crippen LogP contribution in [-0.2, 0) is 21.4 Å². The quantitative estimate of drug-likeness (QED) is 0.517. The molecule has 10 nitrogen and oxygen atoms in total. The lowest BCUT2D eigenvalue weighted by Gasteiger charge is -2.31. The van der Waals surface area contributed by atoms with Crippen LogP contribution in [0.2, 0.25) is 0 Å². The summed E-state index contributed by atoms with van der Waals surface area (Å²) in [7, 11) is 3.36. The van der Waals surface area contributed by atoms with Gasteiger partial charge in [0.15, 0.2) is 6.04 Å². The lowest BCUT2D eigenvalue weighted by molar-refractivity contribution is -0.129. The van der Waals surface area contributed by atoms with Crippen molar-refractivity contribution in [2.75, 3.05) is 28.4 Å². The first-order valence-electron chi connectivity index (χ1n) is 12.0. The molecule has 0 radical (unpaired) electrons. The maximum Gasteiger partial charge on any atom is 0.258 e. The average Bonchev–Trinajstić information content (AvgIpc) is 3.09. The second-order valence-corrected chi connectivity index (χ2v) is 9.26. The Kier molecular flexibility index (Phi) is 7.04. The van der Waals surface area contributed by atoms with Crippen molar-refractivity contribution in [3.8, 4) is 5.75 Å². The van der Waals surface area contributed by atoms with Gasteiger partial charge in [-0.15, -0.1) is 0 Å². The lowest BCUT2D eigenvalue weighted by atomic mass is 10.1. The number of carbonyl (C=O) groups is 3. The van der Waals surface area contributed by atoms with Crippen LogP contribution >= 0.6 is 0 Å². The standard InChI is InChI=1S/C27H32N6O4/c1-16(2)32(19-11-13-20(37-6)14-12-19)23(34)15-31-21-9-7-8-10-22(21)33(27(36)24(28)26(31)35)25-17(3)29-30(5)18(25)4/h7-14,16,24H,15,28H2,1-6H3. The summed E-state index contributed by atoms with van der Waals surface area (Å²) in [4.78, 5) is 45.2. The number of para-hydroxylation sites is 2. The molecule has 1 aliphatic heterocycles. The molecule has 1 unspecified atom stereocenters. The van der Waals surface area contributed by atoms with Crippen LogP contribution in [-0.4, -0.2) is 53.2 Å². The van der Waals surface area contributed by atoms with E-state index in [2.05, 4.69) is 5.10 Å². The molecule has 2 heterocycles. The van der Waals surface area contributed by atoms with E-state index in [0.29, 0.717) is 34.2 Å². The second-order valence-electron chi connectivity index (χ2n) is 9.26. The summed E-state index contributed by atoms with van der Waals surface area (Å²) in [5.41, 5.74) is 9.72. The van der Waals surface area contributed by atoms with Gasteiger partial charge >= 0.3 is 0 Å². The van der Waals surface area contributed by atoms with Crippen molar-refractivity contribution in [3.05, 3.63) is 59.9 Å². The number of nitrogens with two attached hydrogens (primary N) is 1. The van der Waals surface area contributed by atoms with Crippen molar-refractivity contribution in [1.82, 2.24) is 9.78 Å². The Balaban J connectivity index is 1.78. The van der Waals surface area contributed by atoms with Crippen molar-refractivity contribution in [1.29, 1.82) is 0 Å². The first-order chi connectivity index (χ1) is 17.6. The molecule has 0 saturated heterocycles. The van der Waals surface area contributed by atoms with Gasteiger partial charge < -0.3 is 15.4 Å². The largest absolute Gasteiger partial charge is 0.497 e. The summed E-state index contributed by atoms with van der Waals surface area (Å²) in [6, 6.07) is 12.4. The molecule has 0 aliphatic carbocycles. The van der Waals surface area contributed by atoms with Gasteiger partial charge in [-0.05, 0) is 64.1 Å². The Morgan fingerprint density at radius 1 is 1.05 bits per heavy atom. The van der Waals surface area contributed by atoms with Gasteiger partial charge in [-0.2, -0.15) is 5.10 Å². The predicted octanol–water partition coefficient (Wildman–Crippen LogP) is 2.83. The topological polar surface area (TPSA) is 114 Å². The summed E-state index contributed by atoms with van der Waals surface area (Å²) in [6.07, 6.45) is 0. The summed E-state index contributed by atoms with van der Waals surface area (Å²) in [6.45, 7) is 7.14. The molecule has 4 rings (SSSR count). The zero-order valence-electron chi connectivity index (χ0n) is 21.9. The number of hydrogen-bond donors (Lipinski definition) is 1. The van der Waals surface area contributed by atoms with Crippen LogP contribution in [0.4, 0.5) is 22.7 Å². The molecular weight excluding hydrogens is 472 g/mol. The number of hydrogen-bond acceptors (Lipinski definition) is 6. The number of fused-ring (bicyclic) bond motifs is 1. The van der Waals surface area contributed by atoms with E-state index in [-0.39, 0.29) is 18.5 Å². The van der Waals surface area contributed by atoms with Crippen LogP contribution in [0, 0.1) is 13.8 Å². The Labute approximate surface area is 216 Å². The van der Waals surface area contributed by atoms with Crippen molar-refractivity contribution in [2.45, 2.75) is 39.8 Å². The highest BCUT2D eigenvalue weighted by Gasteiger charge is 2.41. The minimum atomic E-state index is -1.49. The van der Waals surface area contributed by atoms with E-state index in [9.17, 15) is 14.4 Å². The summed E-state index contributed by atoms with van der Waals surface area (Å²) in [5.74, 6) is -0.874. The van der Waals surface area contributed by atoms with Crippen LogP contribution in [0.3, 0.4) is 0 Å². The fraction of sp³-hybridized carbons (Fsp3) is 0.333. The molecule has 10 heteroatoms. The number of carbonyl (C=O) groups excluding carboxylic acids is 3. The highest BCUT2D eigenvalue weighted by atomic mass is 16.5. The molecule has 3 aromatic rings. The van der Waals surface area contributed by atoms with Gasteiger partial charge in [0, 0.05) is 18.8 Å². The third-order valence-corrected chi connectivity index (χ3v) is 6.56. The Bertz CT molecular complexity index is 1350. The predicted molar refractivity (Wildman–Crippen MR) is 142 cm³/mol. The van der Waals surface area contributed by atoms with Crippen molar-refractivity contribution < 1.29 is 19.1 Å².